The van der Waals surface area contributed by atoms with Crippen molar-refractivity contribution >= 4 is 16.9 Å². The number of hydrogen-bond donors (Lipinski definition) is 3. The molecule has 1 aromatic carbocycles. The third-order valence-electron chi connectivity index (χ3n) is 4.22. The summed E-state index contributed by atoms with van der Waals surface area (Å²) in [6, 6.07) is 5.64. The molecule has 0 radical (unpaired) electrons. The molecule has 0 saturated heterocycles. The molecule has 3 heterocycles. The van der Waals surface area contributed by atoms with Gasteiger partial charge in [-0.2, -0.15) is 0 Å². The van der Waals surface area contributed by atoms with Gasteiger partial charge in [-0.05, 0) is 31.5 Å². The standard InChI is InChI=1S/C17H16N4O3/c1-9-4-12-15(7-18-9)20-8-21-16(12)24-10-2-3-14-11(5-10)13(6-19-14)17(22)23/h2-3,5-6,8-9,18-19H,4,7H2,1H3,(H,22,23). The van der Waals surface area contributed by atoms with Gasteiger partial charge in [-0.15, -0.1) is 0 Å². The summed E-state index contributed by atoms with van der Waals surface area (Å²) in [4.78, 5) is 22.8. The first-order valence-corrected chi connectivity index (χ1v) is 7.70. The highest BCUT2D eigenvalue weighted by Crippen LogP contribution is 2.30. The number of aromatic carboxylic acids is 1. The average molecular weight is 324 g/mol. The van der Waals surface area contributed by atoms with E-state index in [2.05, 4.69) is 27.2 Å². The molecule has 4 rings (SSSR count). The van der Waals surface area contributed by atoms with Crippen LogP contribution in [-0.4, -0.2) is 32.1 Å². The van der Waals surface area contributed by atoms with Crippen LogP contribution in [0, 0.1) is 0 Å². The first-order chi connectivity index (χ1) is 11.6. The first-order valence-electron chi connectivity index (χ1n) is 7.70. The fourth-order valence-electron chi connectivity index (χ4n) is 2.98. The number of aromatic amines is 1. The van der Waals surface area contributed by atoms with Crippen molar-refractivity contribution in [2.75, 3.05) is 0 Å². The molecule has 3 aromatic rings. The molecule has 2 aromatic heterocycles. The summed E-state index contributed by atoms with van der Waals surface area (Å²) < 4.78 is 5.95. The minimum atomic E-state index is -0.974. The van der Waals surface area contributed by atoms with Gasteiger partial charge in [0.15, 0.2) is 0 Å². The molecule has 0 aliphatic carbocycles. The van der Waals surface area contributed by atoms with Crippen molar-refractivity contribution in [2.24, 2.45) is 0 Å². The normalized spacial score (nSPS) is 16.8. The van der Waals surface area contributed by atoms with Crippen LogP contribution >= 0.6 is 0 Å². The van der Waals surface area contributed by atoms with Crippen LogP contribution < -0.4 is 10.1 Å². The van der Waals surface area contributed by atoms with Gasteiger partial charge in [-0.25, -0.2) is 14.8 Å². The molecule has 1 aliphatic heterocycles. The smallest absolute Gasteiger partial charge is 0.337 e. The largest absolute Gasteiger partial charge is 0.478 e. The third-order valence-corrected chi connectivity index (χ3v) is 4.22. The topological polar surface area (TPSA) is 100 Å². The SMILES string of the molecule is CC1Cc2c(ncnc2Oc2ccc3[nH]cc(C(=O)O)c3c2)CN1. The van der Waals surface area contributed by atoms with Crippen LogP contribution in [0.5, 0.6) is 11.6 Å². The molecule has 0 bridgehead atoms. The number of nitrogens with one attached hydrogen (secondary N) is 2. The highest BCUT2D eigenvalue weighted by atomic mass is 16.5. The van der Waals surface area contributed by atoms with Crippen LogP contribution in [0.2, 0.25) is 0 Å². The fourth-order valence-corrected chi connectivity index (χ4v) is 2.98. The highest BCUT2D eigenvalue weighted by molar-refractivity contribution is 6.03. The molecule has 0 fully saturated rings. The number of H-pyrrole nitrogens is 1. The quantitative estimate of drug-likeness (QED) is 0.684. The van der Waals surface area contributed by atoms with Crippen LogP contribution in [0.1, 0.15) is 28.5 Å². The van der Waals surface area contributed by atoms with Crippen molar-refractivity contribution in [3.8, 4) is 11.6 Å². The number of benzene rings is 1. The lowest BCUT2D eigenvalue weighted by Gasteiger charge is -2.23. The van der Waals surface area contributed by atoms with Crippen molar-refractivity contribution < 1.29 is 14.6 Å². The lowest BCUT2D eigenvalue weighted by molar-refractivity contribution is 0.0699. The summed E-state index contributed by atoms with van der Waals surface area (Å²) in [5.74, 6) is 0.106. The number of carboxylic acids is 1. The van der Waals surface area contributed by atoms with E-state index in [0.29, 0.717) is 29.6 Å². The van der Waals surface area contributed by atoms with Gasteiger partial charge in [0, 0.05) is 35.2 Å². The first kappa shape index (κ1) is 14.6. The Labute approximate surface area is 137 Å². The Hall–Kier alpha value is -2.93. The maximum absolute atomic E-state index is 11.3. The van der Waals surface area contributed by atoms with Gasteiger partial charge in [0.1, 0.15) is 12.1 Å². The van der Waals surface area contributed by atoms with Crippen LogP contribution in [0.4, 0.5) is 0 Å². The number of carboxylic acid groups (broad SMARTS) is 1. The summed E-state index contributed by atoms with van der Waals surface area (Å²) in [6.45, 7) is 2.79. The Morgan fingerprint density at radius 2 is 2.25 bits per heavy atom. The minimum absolute atomic E-state index is 0.220. The number of nitrogens with zero attached hydrogens (tertiary/aromatic N) is 2. The Kier molecular flexibility index (Phi) is 3.42. The lowest BCUT2D eigenvalue weighted by atomic mass is 10.0. The molecule has 7 heteroatoms. The van der Waals surface area contributed by atoms with E-state index in [0.717, 1.165) is 23.2 Å². The van der Waals surface area contributed by atoms with Gasteiger partial charge >= 0.3 is 5.97 Å². The van der Waals surface area contributed by atoms with Crippen LogP contribution in [0.15, 0.2) is 30.7 Å². The van der Waals surface area contributed by atoms with Crippen LogP contribution in [-0.2, 0) is 13.0 Å². The van der Waals surface area contributed by atoms with Crippen molar-refractivity contribution in [1.29, 1.82) is 0 Å². The molecule has 0 amide bonds. The molecular weight excluding hydrogens is 308 g/mol. The number of fused-ring (bicyclic) bond motifs is 2. The molecule has 24 heavy (non-hydrogen) atoms. The molecule has 3 N–H and O–H groups in total. The number of carbonyl (C=O) groups is 1. The molecule has 1 aliphatic rings. The molecular formula is C17H16N4O3. The van der Waals surface area contributed by atoms with E-state index >= 15 is 0 Å². The van der Waals surface area contributed by atoms with Crippen molar-refractivity contribution in [1.82, 2.24) is 20.3 Å². The van der Waals surface area contributed by atoms with E-state index in [1.807, 2.05) is 0 Å². The second-order valence-electron chi connectivity index (χ2n) is 5.91. The molecule has 1 unspecified atom stereocenters. The van der Waals surface area contributed by atoms with Gasteiger partial charge in [0.2, 0.25) is 5.88 Å². The summed E-state index contributed by atoms with van der Waals surface area (Å²) in [7, 11) is 0. The maximum atomic E-state index is 11.3. The van der Waals surface area contributed by atoms with Crippen molar-refractivity contribution in [3.05, 3.63) is 47.5 Å². The van der Waals surface area contributed by atoms with Gasteiger partial charge in [0.05, 0.1) is 11.3 Å². The zero-order chi connectivity index (χ0) is 16.7. The van der Waals surface area contributed by atoms with E-state index in [1.165, 1.54) is 12.5 Å². The van der Waals surface area contributed by atoms with E-state index in [1.54, 1.807) is 18.2 Å². The average Bonchev–Trinajstić information content (AvgIpc) is 2.99. The molecule has 0 spiro atoms. The van der Waals surface area contributed by atoms with E-state index in [9.17, 15) is 9.90 Å². The summed E-state index contributed by atoms with van der Waals surface area (Å²) in [6.07, 6.45) is 3.76. The van der Waals surface area contributed by atoms with E-state index in [-0.39, 0.29) is 5.56 Å². The second kappa shape index (κ2) is 5.61. The van der Waals surface area contributed by atoms with Gasteiger partial charge < -0.3 is 20.1 Å². The van der Waals surface area contributed by atoms with Gasteiger partial charge in [0.25, 0.3) is 0 Å². The zero-order valence-electron chi connectivity index (χ0n) is 13.0. The Balaban J connectivity index is 1.72. The van der Waals surface area contributed by atoms with E-state index in [4.69, 9.17) is 4.74 Å². The fraction of sp³-hybridized carbons (Fsp3) is 0.235. The molecule has 1 atom stereocenters. The van der Waals surface area contributed by atoms with Crippen molar-refractivity contribution in [2.45, 2.75) is 25.9 Å². The number of hydrogen-bond acceptors (Lipinski definition) is 5. The zero-order valence-corrected chi connectivity index (χ0v) is 13.0. The van der Waals surface area contributed by atoms with Crippen LogP contribution in [0.25, 0.3) is 10.9 Å². The van der Waals surface area contributed by atoms with Gasteiger partial charge in [-0.3, -0.25) is 0 Å². The maximum Gasteiger partial charge on any atom is 0.337 e. The summed E-state index contributed by atoms with van der Waals surface area (Å²) >= 11 is 0. The van der Waals surface area contributed by atoms with Crippen molar-refractivity contribution in [3.63, 3.8) is 0 Å². The predicted molar refractivity (Wildman–Crippen MR) is 87.4 cm³/mol. The van der Waals surface area contributed by atoms with Gasteiger partial charge in [-0.1, -0.05) is 0 Å². The van der Waals surface area contributed by atoms with E-state index < -0.39 is 5.97 Å². The summed E-state index contributed by atoms with van der Waals surface area (Å²) in [5.41, 5.74) is 2.91. The minimum Gasteiger partial charge on any atom is -0.478 e. The third kappa shape index (κ3) is 2.48. The Morgan fingerprint density at radius 1 is 1.38 bits per heavy atom. The second-order valence-corrected chi connectivity index (χ2v) is 5.91. The molecule has 122 valence electrons. The lowest BCUT2D eigenvalue weighted by Crippen LogP contribution is -2.33. The predicted octanol–water partition coefficient (Wildman–Crippen LogP) is 2.48. The number of rotatable bonds is 3. The Bertz CT molecular complexity index is 935. The molecule has 7 nitrogen and oxygen atoms in total. The number of aromatic nitrogens is 3. The highest BCUT2D eigenvalue weighted by Gasteiger charge is 2.21. The molecule has 0 saturated carbocycles. The van der Waals surface area contributed by atoms with Crippen LogP contribution in [0.3, 0.4) is 0 Å². The number of ether oxygens (including phenoxy) is 1. The Morgan fingerprint density at radius 3 is 3.08 bits per heavy atom. The summed E-state index contributed by atoms with van der Waals surface area (Å²) in [5, 5.41) is 13.2. The monoisotopic (exact) mass is 324 g/mol.